The summed E-state index contributed by atoms with van der Waals surface area (Å²) in [4.78, 5) is 31.1. The maximum Gasteiger partial charge on any atom is 0.205 e. The summed E-state index contributed by atoms with van der Waals surface area (Å²) in [5.41, 5.74) is -0.336. The fraction of sp³-hybridized carbons (Fsp3) is 0.946. The van der Waals surface area contributed by atoms with Gasteiger partial charge in [-0.05, 0) is 121 Å². The van der Waals surface area contributed by atoms with Crippen LogP contribution in [0.4, 0.5) is 0 Å². The van der Waals surface area contributed by atoms with Gasteiger partial charge in [0.05, 0.1) is 12.2 Å². The van der Waals surface area contributed by atoms with Gasteiger partial charge in [0.25, 0.3) is 0 Å². The summed E-state index contributed by atoms with van der Waals surface area (Å²) in [5, 5.41) is 4.73. The molecule has 5 rings (SSSR count). The van der Waals surface area contributed by atoms with Crippen molar-refractivity contribution < 1.29 is 9.68 Å². The van der Waals surface area contributed by atoms with Gasteiger partial charge in [0.15, 0.2) is 6.29 Å². The second kappa shape index (κ2) is 13.6. The molecule has 0 aromatic heterocycles. The minimum atomic E-state index is -0.104. The van der Waals surface area contributed by atoms with E-state index in [4.69, 9.17) is 19.7 Å². The highest BCUT2D eigenvalue weighted by Gasteiger charge is 2.51. The highest BCUT2D eigenvalue weighted by molar-refractivity contribution is 5.96. The molecular formula is C37H69N7O2. The van der Waals surface area contributed by atoms with Crippen LogP contribution in [0.25, 0.3) is 0 Å². The lowest BCUT2D eigenvalue weighted by atomic mass is 9.78. The van der Waals surface area contributed by atoms with E-state index in [1.807, 2.05) is 0 Å². The molecule has 0 aromatic rings. The molecule has 0 spiro atoms. The Morgan fingerprint density at radius 2 is 1.02 bits per heavy atom. The van der Waals surface area contributed by atoms with Gasteiger partial charge < -0.3 is 9.80 Å². The molecule has 1 atom stereocenters. The molecule has 9 heteroatoms. The summed E-state index contributed by atoms with van der Waals surface area (Å²) in [7, 11) is 6.69. The van der Waals surface area contributed by atoms with E-state index in [1.54, 1.807) is 0 Å². The standard InChI is InChI=1S/C37H69N7O2/c1-27-38-32(40(10)28-23-34(2,3)43(35(4,5)24-28)45-30-19-15-13-16-20-30)42(12)33(39-27)41(11)29-25-36(6,7)44(37(8,9)26-29)46-31-21-17-14-18-22-31/h28-32H,13-26H2,1-12H3. The molecular weight excluding hydrogens is 574 g/mol. The van der Waals surface area contributed by atoms with Gasteiger partial charge in [0.2, 0.25) is 5.96 Å². The second-order valence-electron chi connectivity index (χ2n) is 18.0. The van der Waals surface area contributed by atoms with Gasteiger partial charge in [0.1, 0.15) is 5.84 Å². The SMILES string of the molecule is CC1=NC(N(C)C2CC(C)(C)N(OC3CCCCC3)C(C)(C)C2)N(C)C(N(C)C2CC(C)(C)N(OC3CCCCC3)C(C)(C)C2)=N1. The molecule has 0 radical (unpaired) electrons. The zero-order valence-electron chi connectivity index (χ0n) is 31.7. The second-order valence-corrected chi connectivity index (χ2v) is 18.0. The summed E-state index contributed by atoms with van der Waals surface area (Å²) >= 11 is 0. The first-order valence-electron chi connectivity index (χ1n) is 18.7. The van der Waals surface area contributed by atoms with Gasteiger partial charge >= 0.3 is 0 Å². The zero-order valence-corrected chi connectivity index (χ0v) is 31.7. The Bertz CT molecular complexity index is 1070. The average molecular weight is 644 g/mol. The maximum atomic E-state index is 6.81. The first kappa shape index (κ1) is 36.0. The molecule has 0 amide bonds. The van der Waals surface area contributed by atoms with E-state index in [0.717, 1.165) is 37.5 Å². The molecule has 264 valence electrons. The largest absolute Gasteiger partial charge is 0.342 e. The van der Waals surface area contributed by atoms with Crippen molar-refractivity contribution in [3.05, 3.63) is 0 Å². The van der Waals surface area contributed by atoms with E-state index in [9.17, 15) is 0 Å². The highest BCUT2D eigenvalue weighted by atomic mass is 16.7. The van der Waals surface area contributed by atoms with Crippen LogP contribution in [0.15, 0.2) is 9.98 Å². The molecule has 0 N–H and O–H groups in total. The smallest absolute Gasteiger partial charge is 0.205 e. The van der Waals surface area contributed by atoms with Crippen LogP contribution >= 0.6 is 0 Å². The third-order valence-corrected chi connectivity index (χ3v) is 11.8. The number of hydrogen-bond acceptors (Lipinski definition) is 9. The van der Waals surface area contributed by atoms with Gasteiger partial charge in [-0.2, -0.15) is 10.1 Å². The minimum absolute atomic E-state index is 0.0807. The first-order valence-corrected chi connectivity index (χ1v) is 18.7. The van der Waals surface area contributed by atoms with Crippen molar-refractivity contribution in [1.82, 2.24) is 24.8 Å². The summed E-state index contributed by atoms with van der Waals surface area (Å²) in [6.07, 6.45) is 17.3. The van der Waals surface area contributed by atoms with Crippen LogP contribution in [0.3, 0.4) is 0 Å². The predicted octanol–water partition coefficient (Wildman–Crippen LogP) is 7.43. The predicted molar refractivity (Wildman–Crippen MR) is 190 cm³/mol. The molecule has 3 heterocycles. The summed E-state index contributed by atoms with van der Waals surface area (Å²) in [6.45, 7) is 21.0. The number of piperidine rings is 2. The van der Waals surface area contributed by atoms with Crippen LogP contribution < -0.4 is 0 Å². The van der Waals surface area contributed by atoms with Crippen molar-refractivity contribution in [1.29, 1.82) is 0 Å². The summed E-state index contributed by atoms with van der Waals surface area (Å²) in [5.74, 6) is 1.86. The van der Waals surface area contributed by atoms with Crippen molar-refractivity contribution in [2.45, 2.75) is 205 Å². The Morgan fingerprint density at radius 1 is 0.630 bits per heavy atom. The van der Waals surface area contributed by atoms with Crippen LogP contribution in [0.2, 0.25) is 0 Å². The van der Waals surface area contributed by atoms with Crippen LogP contribution in [0.5, 0.6) is 0 Å². The van der Waals surface area contributed by atoms with E-state index in [-0.39, 0.29) is 28.4 Å². The molecule has 2 aliphatic carbocycles. The van der Waals surface area contributed by atoms with Crippen molar-refractivity contribution in [3.8, 4) is 0 Å². The number of aliphatic imine (C=N–C) groups is 2. The Kier molecular flexibility index (Phi) is 10.6. The Morgan fingerprint density at radius 3 is 1.43 bits per heavy atom. The first-order chi connectivity index (χ1) is 21.4. The number of guanidine groups is 1. The molecule has 2 saturated heterocycles. The van der Waals surface area contributed by atoms with Crippen LogP contribution in [-0.4, -0.2) is 111 Å². The van der Waals surface area contributed by atoms with Crippen LogP contribution in [-0.2, 0) is 9.68 Å². The minimum Gasteiger partial charge on any atom is -0.342 e. The fourth-order valence-corrected chi connectivity index (χ4v) is 9.85. The Hall–Kier alpha value is -1.26. The van der Waals surface area contributed by atoms with Crippen molar-refractivity contribution in [3.63, 3.8) is 0 Å². The Labute approximate surface area is 282 Å². The molecule has 1 unspecified atom stereocenters. The highest BCUT2D eigenvalue weighted by Crippen LogP contribution is 2.44. The molecule has 0 aromatic carbocycles. The molecule has 2 saturated carbocycles. The molecule has 5 aliphatic rings. The number of nitrogens with zero attached hydrogens (tertiary/aromatic N) is 7. The Balaban J connectivity index is 1.28. The monoisotopic (exact) mass is 644 g/mol. The van der Waals surface area contributed by atoms with E-state index < -0.39 is 0 Å². The number of hydroxylamine groups is 4. The average Bonchev–Trinajstić information content (AvgIpc) is 2.97. The normalized spacial score (nSPS) is 30.4. The van der Waals surface area contributed by atoms with E-state index in [1.165, 1.54) is 64.2 Å². The van der Waals surface area contributed by atoms with Crippen molar-refractivity contribution in [2.75, 3.05) is 21.1 Å². The maximum absolute atomic E-state index is 6.81. The number of hydrogen-bond donors (Lipinski definition) is 0. The quantitative estimate of drug-likeness (QED) is 0.286. The molecule has 3 aliphatic heterocycles. The number of rotatable bonds is 7. The topological polar surface area (TPSA) is 59.4 Å². The van der Waals surface area contributed by atoms with Gasteiger partial charge in [-0.15, -0.1) is 0 Å². The van der Waals surface area contributed by atoms with Crippen LogP contribution in [0, 0.1) is 0 Å². The van der Waals surface area contributed by atoms with Crippen LogP contribution in [0.1, 0.15) is 152 Å². The summed E-state index contributed by atoms with van der Waals surface area (Å²) in [6, 6.07) is 0.704. The third kappa shape index (κ3) is 7.64. The molecule has 0 bridgehead atoms. The van der Waals surface area contributed by atoms with E-state index in [2.05, 4.69) is 108 Å². The van der Waals surface area contributed by atoms with Gasteiger partial charge in [-0.1, -0.05) is 38.5 Å². The zero-order chi connectivity index (χ0) is 33.7. The van der Waals surface area contributed by atoms with E-state index >= 15 is 0 Å². The van der Waals surface area contributed by atoms with Crippen molar-refractivity contribution in [2.24, 2.45) is 9.98 Å². The van der Waals surface area contributed by atoms with Gasteiger partial charge in [0, 0.05) is 48.3 Å². The lowest BCUT2D eigenvalue weighted by Gasteiger charge is -2.58. The fourth-order valence-electron chi connectivity index (χ4n) is 9.85. The number of amidine groups is 1. The lowest BCUT2D eigenvalue weighted by molar-refractivity contribution is -0.315. The third-order valence-electron chi connectivity index (χ3n) is 11.8. The lowest BCUT2D eigenvalue weighted by Crippen LogP contribution is -2.67. The molecule has 9 nitrogen and oxygen atoms in total. The van der Waals surface area contributed by atoms with Gasteiger partial charge in [-0.3, -0.25) is 14.6 Å². The van der Waals surface area contributed by atoms with Crippen molar-refractivity contribution >= 4 is 11.8 Å². The van der Waals surface area contributed by atoms with E-state index in [0.29, 0.717) is 24.3 Å². The molecule has 4 fully saturated rings. The molecule has 46 heavy (non-hydrogen) atoms. The van der Waals surface area contributed by atoms with Gasteiger partial charge in [-0.25, -0.2) is 9.98 Å². The summed E-state index contributed by atoms with van der Waals surface area (Å²) < 4.78 is 0.